The summed E-state index contributed by atoms with van der Waals surface area (Å²) >= 11 is 4.40. The van der Waals surface area contributed by atoms with E-state index in [0.717, 1.165) is 6.42 Å². The molecule has 0 aliphatic heterocycles. The van der Waals surface area contributed by atoms with Crippen molar-refractivity contribution in [2.45, 2.75) is 44.7 Å². The molecule has 0 spiro atoms. The molecule has 2 unspecified atom stereocenters. The van der Waals surface area contributed by atoms with E-state index in [-0.39, 0.29) is 0 Å². The Morgan fingerprint density at radius 2 is 2.56 bits per heavy atom. The second-order valence-corrected chi connectivity index (χ2v) is 7.50. The summed E-state index contributed by atoms with van der Waals surface area (Å²) in [5.74, 6) is 0. The lowest BCUT2D eigenvalue weighted by Gasteiger charge is -2.26. The Kier molecular flexibility index (Phi) is 4.44. The number of thiophene rings is 1. The lowest BCUT2D eigenvalue weighted by atomic mass is 9.93. The Morgan fingerprint density at radius 1 is 1.75 bits per heavy atom. The fraction of sp³-hybridized carbons (Fsp3) is 0.538. The zero-order valence-corrected chi connectivity index (χ0v) is 12.6. The van der Waals surface area contributed by atoms with E-state index in [4.69, 9.17) is 0 Å². The molecule has 1 aromatic heterocycles. The Balaban J connectivity index is 2.09. The summed E-state index contributed by atoms with van der Waals surface area (Å²) in [6, 6.07) is 3.46. The highest BCUT2D eigenvalue weighted by Gasteiger charge is 2.23. The van der Waals surface area contributed by atoms with Crippen molar-refractivity contribution in [3.8, 4) is 0 Å². The van der Waals surface area contributed by atoms with Gasteiger partial charge in [0, 0.05) is 17.0 Å². The summed E-state index contributed by atoms with van der Waals surface area (Å²) in [6.07, 6.45) is 6.92. The average Bonchev–Trinajstić information content (AvgIpc) is 2.60. The van der Waals surface area contributed by atoms with Crippen molar-refractivity contribution in [1.82, 2.24) is 5.32 Å². The van der Waals surface area contributed by atoms with Crippen LogP contribution in [0.1, 0.15) is 42.7 Å². The van der Waals surface area contributed by atoms with Crippen molar-refractivity contribution in [2.24, 2.45) is 0 Å². The highest BCUT2D eigenvalue weighted by atomic mass is 127. The highest BCUT2D eigenvalue weighted by molar-refractivity contribution is 14.1. The van der Waals surface area contributed by atoms with Gasteiger partial charge >= 0.3 is 0 Å². The van der Waals surface area contributed by atoms with Gasteiger partial charge in [0.25, 0.3) is 0 Å². The van der Waals surface area contributed by atoms with Crippen molar-refractivity contribution in [3.05, 3.63) is 32.0 Å². The summed E-state index contributed by atoms with van der Waals surface area (Å²) in [6.45, 7) is 6.05. The first-order chi connectivity index (χ1) is 7.70. The minimum atomic E-state index is 0.533. The van der Waals surface area contributed by atoms with E-state index < -0.39 is 0 Å². The molecule has 0 bridgehead atoms. The SMILES string of the molecule is C=CCC(C)NC1CCCc2sc(I)cc21. The standard InChI is InChI=1S/C13H18INS/c1-3-5-9(2)15-11-6-4-7-12-10(11)8-13(14)16-12/h3,8-9,11,15H,1,4-7H2,2H3. The second-order valence-electron chi connectivity index (χ2n) is 4.47. The van der Waals surface area contributed by atoms with Crippen molar-refractivity contribution in [3.63, 3.8) is 0 Å². The molecule has 1 aliphatic carbocycles. The van der Waals surface area contributed by atoms with E-state index in [1.54, 1.807) is 10.4 Å². The van der Waals surface area contributed by atoms with E-state index in [9.17, 15) is 0 Å². The molecule has 16 heavy (non-hydrogen) atoms. The minimum Gasteiger partial charge on any atom is -0.307 e. The van der Waals surface area contributed by atoms with Gasteiger partial charge in [0.1, 0.15) is 0 Å². The Bertz CT molecular complexity index is 372. The van der Waals surface area contributed by atoms with E-state index in [2.05, 4.69) is 47.5 Å². The molecular formula is C13H18INS. The van der Waals surface area contributed by atoms with Crippen LogP contribution in [0.15, 0.2) is 18.7 Å². The fourth-order valence-corrected chi connectivity index (χ4v) is 4.48. The first-order valence-corrected chi connectivity index (χ1v) is 7.75. The first-order valence-electron chi connectivity index (χ1n) is 5.85. The third kappa shape index (κ3) is 2.87. The predicted molar refractivity (Wildman–Crippen MR) is 80.1 cm³/mol. The third-order valence-corrected chi connectivity index (χ3v) is 5.06. The Morgan fingerprint density at radius 3 is 3.31 bits per heavy atom. The molecule has 1 aromatic rings. The largest absolute Gasteiger partial charge is 0.307 e. The molecule has 0 saturated heterocycles. The molecule has 2 atom stereocenters. The molecule has 2 rings (SSSR count). The monoisotopic (exact) mass is 347 g/mol. The maximum absolute atomic E-state index is 3.80. The smallest absolute Gasteiger partial charge is 0.0659 e. The van der Waals surface area contributed by atoms with Crippen LogP contribution in [-0.2, 0) is 6.42 Å². The molecule has 0 amide bonds. The van der Waals surface area contributed by atoms with Crippen LogP contribution >= 0.6 is 33.9 Å². The molecule has 3 heteroatoms. The van der Waals surface area contributed by atoms with Gasteiger partial charge in [0.05, 0.1) is 2.88 Å². The van der Waals surface area contributed by atoms with Crippen molar-refractivity contribution in [2.75, 3.05) is 0 Å². The molecule has 1 aliphatic rings. The van der Waals surface area contributed by atoms with Crippen molar-refractivity contribution in [1.29, 1.82) is 0 Å². The minimum absolute atomic E-state index is 0.533. The van der Waals surface area contributed by atoms with Crippen LogP contribution in [0.2, 0.25) is 0 Å². The summed E-state index contributed by atoms with van der Waals surface area (Å²) in [5, 5.41) is 3.72. The van der Waals surface area contributed by atoms with E-state index in [1.165, 1.54) is 22.1 Å². The lowest BCUT2D eigenvalue weighted by molar-refractivity contribution is 0.412. The lowest BCUT2D eigenvalue weighted by Crippen LogP contribution is -2.31. The summed E-state index contributed by atoms with van der Waals surface area (Å²) in [5.41, 5.74) is 1.55. The van der Waals surface area contributed by atoms with Crippen LogP contribution in [0.5, 0.6) is 0 Å². The summed E-state index contributed by atoms with van der Waals surface area (Å²) < 4.78 is 1.42. The van der Waals surface area contributed by atoms with Crippen molar-refractivity contribution < 1.29 is 0 Å². The van der Waals surface area contributed by atoms with Crippen LogP contribution in [0.4, 0.5) is 0 Å². The highest BCUT2D eigenvalue weighted by Crippen LogP contribution is 2.36. The van der Waals surface area contributed by atoms with Gasteiger partial charge in [-0.3, -0.25) is 0 Å². The van der Waals surface area contributed by atoms with E-state index in [1.807, 2.05) is 17.4 Å². The third-order valence-electron chi connectivity index (χ3n) is 3.09. The Hall–Kier alpha value is 0.130. The fourth-order valence-electron chi connectivity index (χ4n) is 2.36. The summed E-state index contributed by atoms with van der Waals surface area (Å²) in [4.78, 5) is 1.60. The molecular weight excluding hydrogens is 329 g/mol. The van der Waals surface area contributed by atoms with Crippen LogP contribution in [0.25, 0.3) is 0 Å². The van der Waals surface area contributed by atoms with Gasteiger partial charge in [-0.05, 0) is 66.8 Å². The second kappa shape index (κ2) is 5.65. The maximum Gasteiger partial charge on any atom is 0.0659 e. The Labute approximate surface area is 115 Å². The molecule has 0 aromatic carbocycles. The van der Waals surface area contributed by atoms with Gasteiger partial charge in [-0.2, -0.15) is 0 Å². The maximum atomic E-state index is 3.80. The quantitative estimate of drug-likeness (QED) is 0.633. The summed E-state index contributed by atoms with van der Waals surface area (Å²) in [7, 11) is 0. The van der Waals surface area contributed by atoms with Gasteiger partial charge in [-0.25, -0.2) is 0 Å². The van der Waals surface area contributed by atoms with Gasteiger partial charge in [-0.15, -0.1) is 17.9 Å². The number of hydrogen-bond acceptors (Lipinski definition) is 2. The molecule has 0 fully saturated rings. The van der Waals surface area contributed by atoms with Crippen LogP contribution < -0.4 is 5.32 Å². The molecule has 1 nitrogen and oxygen atoms in total. The van der Waals surface area contributed by atoms with E-state index in [0.29, 0.717) is 12.1 Å². The van der Waals surface area contributed by atoms with Gasteiger partial charge < -0.3 is 5.32 Å². The van der Waals surface area contributed by atoms with Crippen LogP contribution in [-0.4, -0.2) is 6.04 Å². The van der Waals surface area contributed by atoms with Gasteiger partial charge in [0.15, 0.2) is 0 Å². The number of aryl methyl sites for hydroxylation is 1. The molecule has 0 radical (unpaired) electrons. The number of hydrogen-bond donors (Lipinski definition) is 1. The predicted octanol–water partition coefficient (Wildman–Crippen LogP) is 4.28. The van der Waals surface area contributed by atoms with Crippen LogP contribution in [0, 0.1) is 2.88 Å². The molecule has 1 heterocycles. The van der Waals surface area contributed by atoms with E-state index >= 15 is 0 Å². The van der Waals surface area contributed by atoms with Crippen molar-refractivity contribution >= 4 is 33.9 Å². The topological polar surface area (TPSA) is 12.0 Å². The number of rotatable bonds is 4. The molecule has 1 N–H and O–H groups in total. The zero-order chi connectivity index (χ0) is 11.5. The zero-order valence-electron chi connectivity index (χ0n) is 9.63. The average molecular weight is 347 g/mol. The van der Waals surface area contributed by atoms with Crippen LogP contribution in [0.3, 0.4) is 0 Å². The molecule has 88 valence electrons. The van der Waals surface area contributed by atoms with Gasteiger partial charge in [-0.1, -0.05) is 6.08 Å². The van der Waals surface area contributed by atoms with Gasteiger partial charge in [0.2, 0.25) is 0 Å². The normalized spacial score (nSPS) is 21.5. The molecule has 0 saturated carbocycles. The first kappa shape index (κ1) is 12.6. The number of halogens is 1. The number of nitrogens with one attached hydrogen (secondary N) is 1. The number of fused-ring (bicyclic) bond motifs is 1.